The molecular weight excluding hydrogens is 212 g/mol. The minimum absolute atomic E-state index is 0.358. The minimum Gasteiger partial charge on any atom is -0.347 e. The van der Waals surface area contributed by atoms with E-state index in [1.807, 2.05) is 19.0 Å². The lowest BCUT2D eigenvalue weighted by atomic mass is 10.1. The summed E-state index contributed by atoms with van der Waals surface area (Å²) >= 11 is 0. The molecule has 0 amide bonds. The van der Waals surface area contributed by atoms with Gasteiger partial charge < -0.3 is 4.90 Å². The first-order chi connectivity index (χ1) is 8.08. The van der Waals surface area contributed by atoms with Gasteiger partial charge in [0, 0.05) is 25.9 Å². The van der Waals surface area contributed by atoms with Gasteiger partial charge in [-0.05, 0) is 12.8 Å². The van der Waals surface area contributed by atoms with Crippen LogP contribution in [0.4, 0.5) is 5.95 Å². The van der Waals surface area contributed by atoms with Crippen molar-refractivity contribution in [1.82, 2.24) is 15.0 Å². The average molecular weight is 234 g/mol. The van der Waals surface area contributed by atoms with E-state index in [0.29, 0.717) is 11.8 Å². The van der Waals surface area contributed by atoms with Crippen LogP contribution in [0.3, 0.4) is 0 Å². The summed E-state index contributed by atoms with van der Waals surface area (Å²) in [7, 11) is 3.97. The first-order valence-electron chi connectivity index (χ1n) is 6.51. The molecule has 94 valence electrons. The van der Waals surface area contributed by atoms with Crippen LogP contribution < -0.4 is 4.90 Å². The fraction of sp³-hybridized carbons (Fsp3) is 0.769. The summed E-state index contributed by atoms with van der Waals surface area (Å²) in [5.74, 6) is 3.63. The first kappa shape index (κ1) is 12.3. The molecule has 1 aliphatic rings. The Bertz CT molecular complexity index is 355. The highest BCUT2D eigenvalue weighted by molar-refractivity contribution is 5.28. The fourth-order valence-electron chi connectivity index (χ4n) is 2.22. The second-order valence-electron chi connectivity index (χ2n) is 5.38. The molecule has 4 nitrogen and oxygen atoms in total. The molecule has 0 radical (unpaired) electrons. The highest BCUT2D eigenvalue weighted by Crippen LogP contribution is 2.32. The maximum Gasteiger partial charge on any atom is 0.228 e. The van der Waals surface area contributed by atoms with Crippen molar-refractivity contribution in [3.63, 3.8) is 0 Å². The van der Waals surface area contributed by atoms with Crippen molar-refractivity contribution in [1.29, 1.82) is 0 Å². The number of hydrogen-bond acceptors (Lipinski definition) is 4. The van der Waals surface area contributed by atoms with E-state index in [2.05, 4.69) is 28.8 Å². The Hall–Kier alpha value is -1.19. The highest BCUT2D eigenvalue weighted by Gasteiger charge is 2.22. The van der Waals surface area contributed by atoms with Crippen molar-refractivity contribution in [2.24, 2.45) is 0 Å². The lowest BCUT2D eigenvalue weighted by Crippen LogP contribution is -2.17. The zero-order chi connectivity index (χ0) is 12.4. The van der Waals surface area contributed by atoms with Crippen molar-refractivity contribution in [2.45, 2.75) is 51.4 Å². The molecular formula is C13H22N4. The second kappa shape index (κ2) is 4.98. The normalized spacial score (nSPS) is 16.8. The molecule has 1 aromatic heterocycles. The Kier molecular flexibility index (Phi) is 3.60. The quantitative estimate of drug-likeness (QED) is 0.806. The second-order valence-corrected chi connectivity index (χ2v) is 5.38. The molecule has 1 heterocycles. The largest absolute Gasteiger partial charge is 0.347 e. The SMILES string of the molecule is CC(C)c1nc(C2CCCC2)nc(N(C)C)n1. The van der Waals surface area contributed by atoms with Crippen LogP contribution in [0.1, 0.15) is 63.0 Å². The molecule has 0 aliphatic heterocycles. The molecule has 0 atom stereocenters. The van der Waals surface area contributed by atoms with Crippen LogP contribution in [0.15, 0.2) is 0 Å². The first-order valence-corrected chi connectivity index (χ1v) is 6.51. The van der Waals surface area contributed by atoms with Gasteiger partial charge in [0.1, 0.15) is 11.6 Å². The summed E-state index contributed by atoms with van der Waals surface area (Å²) in [5.41, 5.74) is 0. The smallest absolute Gasteiger partial charge is 0.228 e. The summed E-state index contributed by atoms with van der Waals surface area (Å²) in [4.78, 5) is 15.7. The molecule has 0 spiro atoms. The Balaban J connectivity index is 2.36. The minimum atomic E-state index is 0.358. The molecule has 1 fully saturated rings. The zero-order valence-electron chi connectivity index (χ0n) is 11.3. The van der Waals surface area contributed by atoms with E-state index >= 15 is 0 Å². The van der Waals surface area contributed by atoms with Crippen molar-refractivity contribution >= 4 is 5.95 Å². The molecule has 0 aromatic carbocycles. The third-order valence-electron chi connectivity index (χ3n) is 3.29. The molecule has 17 heavy (non-hydrogen) atoms. The standard InChI is InChI=1S/C13H22N4/c1-9(2)11-14-12(10-7-5-6-8-10)16-13(15-11)17(3)4/h9-10H,5-8H2,1-4H3. The van der Waals surface area contributed by atoms with Gasteiger partial charge in [-0.25, -0.2) is 4.98 Å². The highest BCUT2D eigenvalue weighted by atomic mass is 15.2. The van der Waals surface area contributed by atoms with E-state index < -0.39 is 0 Å². The summed E-state index contributed by atoms with van der Waals surface area (Å²) in [6.45, 7) is 4.26. The molecule has 0 bridgehead atoms. The Morgan fingerprint density at radius 1 is 1.06 bits per heavy atom. The predicted octanol–water partition coefficient (Wildman–Crippen LogP) is 2.72. The molecule has 0 N–H and O–H groups in total. The maximum atomic E-state index is 4.65. The van der Waals surface area contributed by atoms with Crippen molar-refractivity contribution < 1.29 is 0 Å². The number of nitrogens with zero attached hydrogens (tertiary/aromatic N) is 4. The molecule has 2 rings (SSSR count). The summed E-state index contributed by atoms with van der Waals surface area (Å²) < 4.78 is 0. The van der Waals surface area contributed by atoms with Crippen LogP contribution in [0.5, 0.6) is 0 Å². The van der Waals surface area contributed by atoms with E-state index in [-0.39, 0.29) is 0 Å². The summed E-state index contributed by atoms with van der Waals surface area (Å²) in [6, 6.07) is 0. The number of rotatable bonds is 3. The van der Waals surface area contributed by atoms with Gasteiger partial charge in [-0.3, -0.25) is 0 Å². The van der Waals surface area contributed by atoms with Gasteiger partial charge in [0.15, 0.2) is 0 Å². The molecule has 0 unspecified atom stereocenters. The van der Waals surface area contributed by atoms with E-state index in [9.17, 15) is 0 Å². The summed E-state index contributed by atoms with van der Waals surface area (Å²) in [5, 5.41) is 0. The van der Waals surface area contributed by atoms with Gasteiger partial charge >= 0.3 is 0 Å². The Morgan fingerprint density at radius 3 is 2.24 bits per heavy atom. The lowest BCUT2D eigenvalue weighted by Gasteiger charge is -2.16. The van der Waals surface area contributed by atoms with Gasteiger partial charge in [-0.2, -0.15) is 9.97 Å². The van der Waals surface area contributed by atoms with E-state index in [1.165, 1.54) is 25.7 Å². The number of aromatic nitrogens is 3. The third-order valence-corrected chi connectivity index (χ3v) is 3.29. The molecule has 1 aliphatic carbocycles. The van der Waals surface area contributed by atoms with Crippen LogP contribution in [0.2, 0.25) is 0 Å². The van der Waals surface area contributed by atoms with E-state index in [4.69, 9.17) is 0 Å². The van der Waals surface area contributed by atoms with Crippen LogP contribution in [0.25, 0.3) is 0 Å². The molecule has 0 saturated heterocycles. The maximum absolute atomic E-state index is 4.65. The molecule has 1 aromatic rings. The van der Waals surface area contributed by atoms with Gasteiger partial charge in [-0.15, -0.1) is 0 Å². The summed E-state index contributed by atoms with van der Waals surface area (Å²) in [6.07, 6.45) is 5.08. The lowest BCUT2D eigenvalue weighted by molar-refractivity contribution is 0.634. The predicted molar refractivity (Wildman–Crippen MR) is 69.5 cm³/mol. The van der Waals surface area contributed by atoms with Gasteiger partial charge in [0.25, 0.3) is 0 Å². The average Bonchev–Trinajstić information content (AvgIpc) is 2.81. The van der Waals surface area contributed by atoms with Gasteiger partial charge in [0.05, 0.1) is 0 Å². The van der Waals surface area contributed by atoms with Gasteiger partial charge in [0.2, 0.25) is 5.95 Å². The third kappa shape index (κ3) is 2.73. The van der Waals surface area contributed by atoms with Crippen molar-refractivity contribution in [3.8, 4) is 0 Å². The Labute approximate surface area is 103 Å². The molecule has 4 heteroatoms. The van der Waals surface area contributed by atoms with Crippen LogP contribution >= 0.6 is 0 Å². The van der Waals surface area contributed by atoms with E-state index in [0.717, 1.165) is 17.6 Å². The van der Waals surface area contributed by atoms with Crippen molar-refractivity contribution in [3.05, 3.63) is 11.6 Å². The number of hydrogen-bond donors (Lipinski definition) is 0. The fourth-order valence-corrected chi connectivity index (χ4v) is 2.22. The van der Waals surface area contributed by atoms with Crippen LogP contribution in [0, 0.1) is 0 Å². The zero-order valence-corrected chi connectivity index (χ0v) is 11.3. The monoisotopic (exact) mass is 234 g/mol. The molecule has 1 saturated carbocycles. The van der Waals surface area contributed by atoms with Crippen molar-refractivity contribution in [2.75, 3.05) is 19.0 Å². The number of anilines is 1. The van der Waals surface area contributed by atoms with Gasteiger partial charge in [-0.1, -0.05) is 26.7 Å². The Morgan fingerprint density at radius 2 is 1.71 bits per heavy atom. The van der Waals surface area contributed by atoms with Crippen LogP contribution in [-0.4, -0.2) is 29.0 Å². The van der Waals surface area contributed by atoms with Crippen LogP contribution in [-0.2, 0) is 0 Å². The van der Waals surface area contributed by atoms with E-state index in [1.54, 1.807) is 0 Å². The topological polar surface area (TPSA) is 41.9 Å².